The van der Waals surface area contributed by atoms with E-state index in [-0.39, 0.29) is 40.3 Å². The predicted molar refractivity (Wildman–Crippen MR) is 137 cm³/mol. The summed E-state index contributed by atoms with van der Waals surface area (Å²) < 4.78 is 49.1. The maximum Gasteiger partial charge on any atom is 0.416 e. The summed E-state index contributed by atoms with van der Waals surface area (Å²) in [5, 5.41) is 2.63. The first-order valence-electron chi connectivity index (χ1n) is 11.7. The molecule has 10 heteroatoms. The van der Waals surface area contributed by atoms with Gasteiger partial charge in [-0.3, -0.25) is 19.4 Å². The number of ether oxygens (including phenoxy) is 2. The first-order valence-corrected chi connectivity index (χ1v) is 11.7. The lowest BCUT2D eigenvalue weighted by atomic mass is 9.85. The maximum atomic E-state index is 13.4. The number of methoxy groups -OCH3 is 2. The lowest BCUT2D eigenvalue weighted by molar-refractivity contribution is -0.137. The van der Waals surface area contributed by atoms with Crippen LogP contribution >= 0.6 is 0 Å². The van der Waals surface area contributed by atoms with Crippen LogP contribution in [-0.2, 0) is 31.7 Å². The van der Waals surface area contributed by atoms with Crippen molar-refractivity contribution in [1.29, 1.82) is 0 Å². The monoisotopic (exact) mass is 536 g/mol. The maximum absolute atomic E-state index is 13.4. The number of halogens is 3. The standard InChI is InChI=1S/C29H23F3N2O5/c1-16-22(25(36)27(39-3)26(38-2)24(16)35)15-18-5-4-6-21(23(18)17-11-13-33-14-12-17)28(37)34-20-9-7-19(8-10-20)29(30,31)32/h4-14H,15H2,1-3H3,(H,34,37). The van der Waals surface area contributed by atoms with E-state index in [4.69, 9.17) is 9.47 Å². The molecule has 1 aliphatic carbocycles. The van der Waals surface area contributed by atoms with Crippen LogP contribution in [0, 0.1) is 0 Å². The summed E-state index contributed by atoms with van der Waals surface area (Å²) in [6.45, 7) is 1.52. The van der Waals surface area contributed by atoms with Crippen LogP contribution in [0.2, 0.25) is 0 Å². The van der Waals surface area contributed by atoms with Gasteiger partial charge in [0.05, 0.1) is 19.8 Å². The van der Waals surface area contributed by atoms with Crippen LogP contribution in [0.1, 0.15) is 28.4 Å². The number of hydrogen-bond donors (Lipinski definition) is 1. The number of benzene rings is 2. The molecule has 39 heavy (non-hydrogen) atoms. The van der Waals surface area contributed by atoms with Crippen LogP contribution in [0.4, 0.5) is 18.9 Å². The van der Waals surface area contributed by atoms with E-state index in [1.165, 1.54) is 33.3 Å². The Labute approximate surface area is 222 Å². The van der Waals surface area contributed by atoms with E-state index in [0.29, 0.717) is 16.7 Å². The highest BCUT2D eigenvalue weighted by Gasteiger charge is 2.35. The first-order chi connectivity index (χ1) is 18.6. The van der Waals surface area contributed by atoms with Gasteiger partial charge in [0.1, 0.15) is 0 Å². The van der Waals surface area contributed by atoms with Gasteiger partial charge in [-0.15, -0.1) is 0 Å². The van der Waals surface area contributed by atoms with Crippen LogP contribution in [-0.4, -0.2) is 36.7 Å². The molecule has 2 aromatic carbocycles. The van der Waals surface area contributed by atoms with E-state index >= 15 is 0 Å². The molecule has 0 unspecified atom stereocenters. The molecule has 0 spiro atoms. The molecule has 1 aliphatic rings. The summed E-state index contributed by atoms with van der Waals surface area (Å²) in [7, 11) is 2.55. The molecule has 1 heterocycles. The summed E-state index contributed by atoms with van der Waals surface area (Å²) >= 11 is 0. The van der Waals surface area contributed by atoms with Crippen molar-refractivity contribution < 1.29 is 37.0 Å². The second kappa shape index (κ2) is 10.9. The molecule has 1 amide bonds. The summed E-state index contributed by atoms with van der Waals surface area (Å²) in [5.41, 5.74) is 1.59. The van der Waals surface area contributed by atoms with E-state index in [0.717, 1.165) is 12.1 Å². The average Bonchev–Trinajstić information content (AvgIpc) is 2.93. The minimum Gasteiger partial charge on any atom is -0.489 e. The molecule has 1 aromatic heterocycles. The lowest BCUT2D eigenvalue weighted by Gasteiger charge is -2.22. The van der Waals surface area contributed by atoms with Crippen molar-refractivity contribution in [2.24, 2.45) is 0 Å². The van der Waals surface area contributed by atoms with Crippen LogP contribution in [0.3, 0.4) is 0 Å². The Bertz CT molecular complexity index is 1510. The van der Waals surface area contributed by atoms with Gasteiger partial charge in [-0.2, -0.15) is 13.2 Å². The summed E-state index contributed by atoms with van der Waals surface area (Å²) in [4.78, 5) is 43.5. The summed E-state index contributed by atoms with van der Waals surface area (Å²) in [6, 6.07) is 12.4. The third kappa shape index (κ3) is 5.45. The van der Waals surface area contributed by atoms with E-state index in [1.807, 2.05) is 0 Å². The number of aromatic nitrogens is 1. The number of nitrogens with zero attached hydrogens (tertiary/aromatic N) is 1. The van der Waals surface area contributed by atoms with Crippen molar-refractivity contribution >= 4 is 23.2 Å². The quantitative estimate of drug-likeness (QED) is 0.399. The first kappa shape index (κ1) is 27.3. The largest absolute Gasteiger partial charge is 0.489 e. The van der Waals surface area contributed by atoms with Gasteiger partial charge < -0.3 is 14.8 Å². The van der Waals surface area contributed by atoms with E-state index in [1.54, 1.807) is 42.7 Å². The van der Waals surface area contributed by atoms with Crippen molar-refractivity contribution in [3.63, 3.8) is 0 Å². The minimum absolute atomic E-state index is 0.000678. The Hall–Kier alpha value is -4.73. The number of allylic oxidation sites excluding steroid dienone is 2. The molecule has 4 rings (SSSR count). The van der Waals surface area contributed by atoms with Gasteiger partial charge >= 0.3 is 6.18 Å². The van der Waals surface area contributed by atoms with Crippen LogP contribution in [0.25, 0.3) is 11.1 Å². The van der Waals surface area contributed by atoms with E-state index < -0.39 is 29.2 Å². The van der Waals surface area contributed by atoms with Crippen molar-refractivity contribution in [1.82, 2.24) is 4.98 Å². The Morgan fingerprint density at radius 1 is 0.897 bits per heavy atom. The van der Waals surface area contributed by atoms with E-state index in [9.17, 15) is 27.6 Å². The highest BCUT2D eigenvalue weighted by molar-refractivity contribution is 6.23. The number of carbonyl (C=O) groups excluding carboxylic acids is 3. The van der Waals surface area contributed by atoms with Crippen molar-refractivity contribution in [2.75, 3.05) is 19.5 Å². The predicted octanol–water partition coefficient (Wildman–Crippen LogP) is 5.53. The molecule has 0 bridgehead atoms. The molecule has 0 saturated heterocycles. The minimum atomic E-state index is -4.50. The van der Waals surface area contributed by atoms with Gasteiger partial charge in [-0.1, -0.05) is 12.1 Å². The number of pyridine rings is 1. The third-order valence-electron chi connectivity index (χ3n) is 6.30. The fourth-order valence-corrected chi connectivity index (χ4v) is 4.33. The second-order valence-electron chi connectivity index (χ2n) is 8.61. The molecule has 3 aromatic rings. The summed E-state index contributed by atoms with van der Waals surface area (Å²) in [6.07, 6.45) is -1.42. The Kier molecular flexibility index (Phi) is 7.66. The zero-order chi connectivity index (χ0) is 28.3. The van der Waals surface area contributed by atoms with Crippen LogP contribution in [0.5, 0.6) is 0 Å². The molecular weight excluding hydrogens is 513 g/mol. The zero-order valence-corrected chi connectivity index (χ0v) is 21.2. The van der Waals surface area contributed by atoms with Gasteiger partial charge in [-0.05, 0) is 66.1 Å². The number of hydrogen-bond acceptors (Lipinski definition) is 6. The molecule has 0 fully saturated rings. The molecule has 7 nitrogen and oxygen atoms in total. The van der Waals surface area contributed by atoms with Gasteiger partial charge in [0.15, 0.2) is 0 Å². The van der Waals surface area contributed by atoms with Crippen molar-refractivity contribution in [3.8, 4) is 11.1 Å². The number of Topliss-reactive ketones (excluding diaryl/α,β-unsaturated/α-hetero) is 2. The number of ketones is 2. The number of nitrogens with one attached hydrogen (secondary N) is 1. The third-order valence-corrected chi connectivity index (χ3v) is 6.30. The lowest BCUT2D eigenvalue weighted by Crippen LogP contribution is -2.26. The normalized spacial score (nSPS) is 14.0. The number of amides is 1. The van der Waals surface area contributed by atoms with Crippen LogP contribution in [0.15, 0.2) is 89.7 Å². The van der Waals surface area contributed by atoms with Gasteiger partial charge in [0, 0.05) is 41.2 Å². The highest BCUT2D eigenvalue weighted by atomic mass is 19.4. The highest BCUT2D eigenvalue weighted by Crippen LogP contribution is 2.34. The smallest absolute Gasteiger partial charge is 0.416 e. The topological polar surface area (TPSA) is 94.6 Å². The van der Waals surface area contributed by atoms with Gasteiger partial charge in [-0.25, -0.2) is 0 Å². The summed E-state index contributed by atoms with van der Waals surface area (Å²) in [5.74, 6) is -1.94. The number of carbonyl (C=O) groups is 3. The Balaban J connectivity index is 1.76. The van der Waals surface area contributed by atoms with Crippen molar-refractivity contribution in [3.05, 3.63) is 106 Å². The fourth-order valence-electron chi connectivity index (χ4n) is 4.33. The average molecular weight is 537 g/mol. The fraction of sp³-hybridized carbons (Fsp3) is 0.172. The molecule has 0 atom stereocenters. The zero-order valence-electron chi connectivity index (χ0n) is 21.2. The van der Waals surface area contributed by atoms with Gasteiger partial charge in [0.25, 0.3) is 5.91 Å². The van der Waals surface area contributed by atoms with E-state index in [2.05, 4.69) is 10.3 Å². The SMILES string of the molecule is COC1=C(OC)C(=O)C(Cc2cccc(C(=O)Nc3ccc(C(F)(F)F)cc3)c2-c2ccncc2)=C(C)C1=O. The molecule has 200 valence electrons. The molecular formula is C29H23F3N2O5. The number of alkyl halides is 3. The Morgan fingerprint density at radius 2 is 1.51 bits per heavy atom. The van der Waals surface area contributed by atoms with Crippen molar-refractivity contribution in [2.45, 2.75) is 19.5 Å². The molecule has 0 aliphatic heterocycles. The Morgan fingerprint density at radius 3 is 2.10 bits per heavy atom. The van der Waals surface area contributed by atoms with Crippen LogP contribution < -0.4 is 5.32 Å². The number of anilines is 1. The molecule has 0 radical (unpaired) electrons. The second-order valence-corrected chi connectivity index (χ2v) is 8.61. The number of rotatable bonds is 7. The molecule has 1 N–H and O–H groups in total. The molecule has 0 saturated carbocycles. The van der Waals surface area contributed by atoms with Gasteiger partial charge in [0.2, 0.25) is 23.1 Å².